The van der Waals surface area contributed by atoms with Crippen LogP contribution in [0.15, 0.2) is 47.4 Å². The number of amides is 1. The van der Waals surface area contributed by atoms with Gasteiger partial charge in [-0.15, -0.1) is 0 Å². The number of hydrogen-bond acceptors (Lipinski definition) is 4. The second kappa shape index (κ2) is 8.33. The van der Waals surface area contributed by atoms with Crippen molar-refractivity contribution >= 4 is 27.3 Å². The highest BCUT2D eigenvalue weighted by Crippen LogP contribution is 2.22. The first kappa shape index (κ1) is 19.9. The largest absolute Gasteiger partial charge is 0.376 e. The zero-order valence-corrected chi connectivity index (χ0v) is 16.4. The second-order valence-electron chi connectivity index (χ2n) is 6.22. The Hall–Kier alpha value is -2.38. The highest BCUT2D eigenvalue weighted by atomic mass is 32.2. The average Bonchev–Trinajstić information content (AvgIpc) is 2.60. The Labute approximate surface area is 155 Å². The Morgan fingerprint density at radius 3 is 2.50 bits per heavy atom. The SMILES string of the molecule is CCc1cccc(NC(=O)CNc2cc(S(=O)(=O)N(C)C)ccc2C)c1. The fourth-order valence-corrected chi connectivity index (χ4v) is 3.34. The predicted octanol–water partition coefficient (Wildman–Crippen LogP) is 2.86. The fraction of sp³-hybridized carbons (Fsp3) is 0.316. The predicted molar refractivity (Wildman–Crippen MR) is 105 cm³/mol. The summed E-state index contributed by atoms with van der Waals surface area (Å²) < 4.78 is 25.7. The van der Waals surface area contributed by atoms with Crippen LogP contribution in [0.3, 0.4) is 0 Å². The minimum Gasteiger partial charge on any atom is -0.376 e. The molecule has 0 aromatic heterocycles. The molecule has 7 heteroatoms. The molecule has 6 nitrogen and oxygen atoms in total. The molecule has 0 spiro atoms. The van der Waals surface area contributed by atoms with Crippen molar-refractivity contribution in [1.82, 2.24) is 4.31 Å². The summed E-state index contributed by atoms with van der Waals surface area (Å²) in [6, 6.07) is 12.5. The fourth-order valence-electron chi connectivity index (χ4n) is 2.41. The number of aryl methyl sites for hydroxylation is 2. The number of sulfonamides is 1. The smallest absolute Gasteiger partial charge is 0.243 e. The number of rotatable bonds is 7. The zero-order valence-electron chi connectivity index (χ0n) is 15.5. The monoisotopic (exact) mass is 375 g/mol. The second-order valence-corrected chi connectivity index (χ2v) is 8.37. The number of carbonyl (C=O) groups is 1. The van der Waals surface area contributed by atoms with E-state index < -0.39 is 10.0 Å². The molecule has 1 amide bonds. The van der Waals surface area contributed by atoms with Crippen molar-refractivity contribution in [3.05, 3.63) is 53.6 Å². The van der Waals surface area contributed by atoms with Gasteiger partial charge in [0, 0.05) is 25.5 Å². The molecule has 0 aliphatic rings. The summed E-state index contributed by atoms with van der Waals surface area (Å²) in [6.45, 7) is 3.96. The van der Waals surface area contributed by atoms with Gasteiger partial charge in [-0.3, -0.25) is 4.79 Å². The first-order chi connectivity index (χ1) is 12.2. The molecular weight excluding hydrogens is 350 g/mol. The van der Waals surface area contributed by atoms with Crippen LogP contribution in [0.5, 0.6) is 0 Å². The summed E-state index contributed by atoms with van der Waals surface area (Å²) in [6.07, 6.45) is 0.897. The van der Waals surface area contributed by atoms with Crippen LogP contribution in [-0.4, -0.2) is 39.3 Å². The van der Waals surface area contributed by atoms with Crippen LogP contribution in [0.4, 0.5) is 11.4 Å². The third-order valence-corrected chi connectivity index (χ3v) is 5.86. The molecule has 26 heavy (non-hydrogen) atoms. The number of carbonyl (C=O) groups excluding carboxylic acids is 1. The number of nitrogens with zero attached hydrogens (tertiary/aromatic N) is 1. The Morgan fingerprint density at radius 1 is 1.12 bits per heavy atom. The first-order valence-corrected chi connectivity index (χ1v) is 9.84. The van der Waals surface area contributed by atoms with Gasteiger partial charge in [0.25, 0.3) is 0 Å². The van der Waals surface area contributed by atoms with E-state index in [9.17, 15) is 13.2 Å². The topological polar surface area (TPSA) is 78.5 Å². The summed E-state index contributed by atoms with van der Waals surface area (Å²) >= 11 is 0. The molecule has 0 heterocycles. The van der Waals surface area contributed by atoms with E-state index in [0.717, 1.165) is 27.5 Å². The van der Waals surface area contributed by atoms with Crippen molar-refractivity contribution in [2.45, 2.75) is 25.2 Å². The summed E-state index contributed by atoms with van der Waals surface area (Å²) in [5.74, 6) is -0.196. The van der Waals surface area contributed by atoms with Crippen LogP contribution >= 0.6 is 0 Å². The van der Waals surface area contributed by atoms with E-state index in [4.69, 9.17) is 0 Å². The van der Waals surface area contributed by atoms with Gasteiger partial charge in [-0.1, -0.05) is 25.1 Å². The van der Waals surface area contributed by atoms with Gasteiger partial charge in [0.2, 0.25) is 15.9 Å². The molecule has 2 aromatic rings. The van der Waals surface area contributed by atoms with Crippen LogP contribution in [-0.2, 0) is 21.2 Å². The summed E-state index contributed by atoms with van der Waals surface area (Å²) in [7, 11) is -0.546. The average molecular weight is 375 g/mol. The van der Waals surface area contributed by atoms with Gasteiger partial charge in [-0.2, -0.15) is 0 Å². The quantitative estimate of drug-likeness (QED) is 0.780. The highest BCUT2D eigenvalue weighted by Gasteiger charge is 2.18. The molecule has 140 valence electrons. The lowest BCUT2D eigenvalue weighted by Gasteiger charge is -2.15. The van der Waals surface area contributed by atoms with Crippen molar-refractivity contribution < 1.29 is 13.2 Å². The molecular formula is C19H25N3O3S. The molecule has 0 unspecified atom stereocenters. The molecule has 0 atom stereocenters. The van der Waals surface area contributed by atoms with Gasteiger partial charge in [0.15, 0.2) is 0 Å². The maximum absolute atomic E-state index is 12.3. The van der Waals surface area contributed by atoms with E-state index in [1.807, 2.05) is 31.2 Å². The van der Waals surface area contributed by atoms with Crippen molar-refractivity contribution in [3.8, 4) is 0 Å². The minimum atomic E-state index is -3.52. The van der Waals surface area contributed by atoms with Crippen molar-refractivity contribution in [2.24, 2.45) is 0 Å². The van der Waals surface area contributed by atoms with Crippen LogP contribution in [0.25, 0.3) is 0 Å². The lowest BCUT2D eigenvalue weighted by molar-refractivity contribution is -0.114. The summed E-state index contributed by atoms with van der Waals surface area (Å²) in [5.41, 5.74) is 3.37. The maximum atomic E-state index is 12.3. The standard InChI is InChI=1S/C19H25N3O3S/c1-5-15-7-6-8-16(11-15)21-19(23)13-20-18-12-17(10-9-14(18)2)26(24,25)22(3)4/h6-12,20H,5,13H2,1-4H3,(H,21,23). The Bertz CT molecular complexity index is 893. The molecule has 0 radical (unpaired) electrons. The molecule has 0 saturated carbocycles. The van der Waals surface area contributed by atoms with Gasteiger partial charge >= 0.3 is 0 Å². The molecule has 0 bridgehead atoms. The van der Waals surface area contributed by atoms with Crippen LogP contribution < -0.4 is 10.6 Å². The summed E-state index contributed by atoms with van der Waals surface area (Å²) in [5, 5.41) is 5.86. The number of anilines is 2. The van der Waals surface area contributed by atoms with Crippen molar-refractivity contribution in [2.75, 3.05) is 31.3 Å². The van der Waals surface area contributed by atoms with E-state index in [2.05, 4.69) is 17.6 Å². The third-order valence-electron chi connectivity index (χ3n) is 4.05. The highest BCUT2D eigenvalue weighted by molar-refractivity contribution is 7.89. The lowest BCUT2D eigenvalue weighted by Crippen LogP contribution is -2.24. The molecule has 2 rings (SSSR count). The third kappa shape index (κ3) is 4.83. The Balaban J connectivity index is 2.07. The number of benzene rings is 2. The molecule has 0 aliphatic carbocycles. The van der Waals surface area contributed by atoms with E-state index in [1.165, 1.54) is 14.1 Å². The molecule has 2 aromatic carbocycles. The molecule has 0 fully saturated rings. The van der Waals surface area contributed by atoms with E-state index in [1.54, 1.807) is 18.2 Å². The normalized spacial score (nSPS) is 11.4. The Morgan fingerprint density at radius 2 is 1.85 bits per heavy atom. The van der Waals surface area contributed by atoms with E-state index >= 15 is 0 Å². The van der Waals surface area contributed by atoms with Crippen LogP contribution in [0, 0.1) is 6.92 Å². The zero-order chi connectivity index (χ0) is 19.3. The number of hydrogen-bond donors (Lipinski definition) is 2. The van der Waals surface area contributed by atoms with Crippen LogP contribution in [0.2, 0.25) is 0 Å². The first-order valence-electron chi connectivity index (χ1n) is 8.40. The van der Waals surface area contributed by atoms with Gasteiger partial charge in [0.05, 0.1) is 11.4 Å². The van der Waals surface area contributed by atoms with Crippen molar-refractivity contribution in [3.63, 3.8) is 0 Å². The Kier molecular flexibility index (Phi) is 6.39. The van der Waals surface area contributed by atoms with Gasteiger partial charge in [0.1, 0.15) is 0 Å². The van der Waals surface area contributed by atoms with Crippen molar-refractivity contribution in [1.29, 1.82) is 0 Å². The van der Waals surface area contributed by atoms with Crippen LogP contribution in [0.1, 0.15) is 18.1 Å². The van der Waals surface area contributed by atoms with Gasteiger partial charge < -0.3 is 10.6 Å². The molecule has 0 aliphatic heterocycles. The maximum Gasteiger partial charge on any atom is 0.243 e. The molecule has 2 N–H and O–H groups in total. The van der Waals surface area contributed by atoms with E-state index in [0.29, 0.717) is 5.69 Å². The lowest BCUT2D eigenvalue weighted by atomic mass is 10.1. The molecule has 0 saturated heterocycles. The van der Waals surface area contributed by atoms with Gasteiger partial charge in [-0.25, -0.2) is 12.7 Å². The number of nitrogens with one attached hydrogen (secondary N) is 2. The summed E-state index contributed by atoms with van der Waals surface area (Å²) in [4.78, 5) is 12.4. The van der Waals surface area contributed by atoms with Gasteiger partial charge in [-0.05, 0) is 48.7 Å². The minimum absolute atomic E-state index is 0.0443. The van der Waals surface area contributed by atoms with E-state index in [-0.39, 0.29) is 17.3 Å².